The molecule has 135 heavy (non-hydrogen) atoms. The Morgan fingerprint density at radius 1 is 0.259 bits per heavy atom. The molecule has 0 N–H and O–H groups in total. The Morgan fingerprint density at radius 2 is 0.593 bits per heavy atom. The van der Waals surface area contributed by atoms with Gasteiger partial charge in [-0.25, -0.2) is 0 Å². The van der Waals surface area contributed by atoms with Crippen molar-refractivity contribution >= 4 is 102 Å². The van der Waals surface area contributed by atoms with Gasteiger partial charge in [0.1, 0.15) is 11.5 Å². The molecule has 0 aromatic heterocycles. The molecule has 0 unspecified atom stereocenters. The van der Waals surface area contributed by atoms with Crippen LogP contribution in [0.1, 0.15) is 91.9 Å². The normalized spacial score (nSPS) is 14.8. The third kappa shape index (κ3) is 14.2. The van der Waals surface area contributed by atoms with E-state index in [4.69, 9.17) is 30.4 Å². The molecule has 0 bridgehead atoms. The van der Waals surface area contributed by atoms with Crippen molar-refractivity contribution in [2.75, 3.05) is 14.2 Å². The number of hydrogen-bond acceptors (Lipinski definition) is 4. The lowest BCUT2D eigenvalue weighted by Gasteiger charge is -2.39. The van der Waals surface area contributed by atoms with Crippen LogP contribution in [0.2, 0.25) is 5.02 Å². The van der Waals surface area contributed by atoms with Gasteiger partial charge in [0.2, 0.25) is 0 Å². The number of rotatable bonds is 12. The maximum Gasteiger partial charge on any atom is 0.495 e. The molecule has 6 aliphatic carbocycles. The minimum Gasteiger partial charge on any atom is -0.496 e. The van der Waals surface area contributed by atoms with E-state index in [0.29, 0.717) is 0 Å². The summed E-state index contributed by atoms with van der Waals surface area (Å²) in [4.78, 5) is 0. The topological polar surface area (TPSA) is 36.9 Å². The summed E-state index contributed by atoms with van der Waals surface area (Å²) in [5.41, 5.74) is 38.2. The lowest BCUT2D eigenvalue weighted by molar-refractivity contribution is 0.00578. The Kier molecular flexibility index (Phi) is 21.6. The fourth-order valence-corrected chi connectivity index (χ4v) is 28.0. The standard InChI is InChI=1S/C48H28.C38H31BO2.C26H35O2P.C16H9Cl/c1-3-12-30(13-4-1)44-37-18-7-8-19-38(37)45(31-14-5-2-6-15-31)48-41-27-26-33(35-22-11-23-40(46(35)41)47(44)48)32-24-25-34-36-20-9-16-29-17-10-21-39(43(29)36)42(34)28-32;1-37(2)38(3,4)41-39(40-37)31-23-22-30-34-28(31)20-13-21-29(34)35-32(24-14-7-5-8-15-24)26-18-11-12-19-27(26)33(36(30)35)25-16-9-6-10-17-25;1-27-23-17-11-18-24(28-2)26(23)22-16-9-10-19-25(22)29(20-12-5-3-6-13-20)21-14-7-4-8-15-21;17-11-7-8-12-13-5-1-3-10-4-2-6-14(16(10)13)15(12)9-11/h1-28H;5-23H,1-4H3;9-11,16-21H,3-8,12-15H2,1-2H3;1-9H. The van der Waals surface area contributed by atoms with Crippen LogP contribution in [-0.4, -0.2) is 43.9 Å². The minimum absolute atomic E-state index is 0.182. The molecule has 27 rings (SSSR count). The number of halogens is 1. The van der Waals surface area contributed by atoms with Gasteiger partial charge < -0.3 is 18.8 Å². The average Bonchev–Trinajstić information content (AvgIpc) is 1.54. The van der Waals surface area contributed by atoms with Crippen LogP contribution in [0.25, 0.3) is 220 Å². The summed E-state index contributed by atoms with van der Waals surface area (Å²) in [6, 6.07) is 139. The fourth-order valence-electron chi connectivity index (χ4n) is 23.8. The summed E-state index contributed by atoms with van der Waals surface area (Å²) in [5, 5.41) is 18.0. The highest BCUT2D eigenvalue weighted by Gasteiger charge is 2.53. The molecule has 7 aliphatic rings. The molecule has 3 fully saturated rings. The summed E-state index contributed by atoms with van der Waals surface area (Å²) >= 11 is 6.10. The van der Waals surface area contributed by atoms with Crippen LogP contribution in [0.4, 0.5) is 0 Å². The quantitative estimate of drug-likeness (QED) is 0.0902. The van der Waals surface area contributed by atoms with Crippen molar-refractivity contribution < 1.29 is 18.8 Å². The summed E-state index contributed by atoms with van der Waals surface area (Å²) in [6.07, 6.45) is 14.2. The van der Waals surface area contributed by atoms with Crippen LogP contribution in [0.15, 0.2) is 382 Å². The smallest absolute Gasteiger partial charge is 0.495 e. The maximum atomic E-state index is 6.56. The van der Waals surface area contributed by atoms with Gasteiger partial charge in [0.15, 0.2) is 0 Å². The fraction of sp³-hybridized carbons (Fsp3) is 0.156. The molecule has 0 amide bonds. The van der Waals surface area contributed by atoms with E-state index in [9.17, 15) is 0 Å². The third-order valence-electron chi connectivity index (χ3n) is 30.5. The largest absolute Gasteiger partial charge is 0.496 e. The number of benzene rings is 20. The lowest BCUT2D eigenvalue weighted by atomic mass is 9.75. The highest BCUT2D eigenvalue weighted by atomic mass is 35.5. The van der Waals surface area contributed by atoms with Gasteiger partial charge in [-0.3, -0.25) is 0 Å². The van der Waals surface area contributed by atoms with Crippen molar-refractivity contribution in [3.05, 3.63) is 387 Å². The molecule has 1 heterocycles. The van der Waals surface area contributed by atoms with E-state index < -0.39 is 18.3 Å². The van der Waals surface area contributed by atoms with E-state index in [-0.39, 0.29) is 7.92 Å². The second kappa shape index (κ2) is 34.6. The predicted octanol–water partition coefficient (Wildman–Crippen LogP) is 35.0. The molecule has 20 aromatic rings. The zero-order chi connectivity index (χ0) is 90.7. The Bertz CT molecular complexity index is 7860. The van der Waals surface area contributed by atoms with Gasteiger partial charge in [-0.15, -0.1) is 0 Å². The van der Waals surface area contributed by atoms with Crippen LogP contribution in [0, 0.1) is 0 Å². The van der Waals surface area contributed by atoms with E-state index >= 15 is 0 Å². The number of fused-ring (bicyclic) bond motifs is 14. The zero-order valence-electron chi connectivity index (χ0n) is 77.1. The lowest BCUT2D eigenvalue weighted by Crippen LogP contribution is -2.41. The summed E-state index contributed by atoms with van der Waals surface area (Å²) < 4.78 is 24.7. The summed E-state index contributed by atoms with van der Waals surface area (Å²) in [7, 11) is 2.94. The number of methoxy groups -OCH3 is 2. The van der Waals surface area contributed by atoms with Crippen molar-refractivity contribution in [1.29, 1.82) is 0 Å². The molecular formula is C128H103BClO4P. The van der Waals surface area contributed by atoms with E-state index in [1.165, 1.54) is 279 Å². The molecule has 1 aliphatic heterocycles. The van der Waals surface area contributed by atoms with Crippen LogP contribution < -0.4 is 20.2 Å². The third-order valence-corrected chi connectivity index (χ3v) is 34.3. The van der Waals surface area contributed by atoms with Crippen molar-refractivity contribution in [3.63, 3.8) is 0 Å². The van der Waals surface area contributed by atoms with Crippen LogP contribution in [-0.2, 0) is 9.31 Å². The highest BCUT2D eigenvalue weighted by molar-refractivity contribution is 7.67. The molecule has 0 atom stereocenters. The van der Waals surface area contributed by atoms with E-state index in [0.717, 1.165) is 38.9 Å². The van der Waals surface area contributed by atoms with E-state index in [2.05, 4.69) is 398 Å². The second-order valence-electron chi connectivity index (χ2n) is 38.4. The van der Waals surface area contributed by atoms with Crippen molar-refractivity contribution in [1.82, 2.24) is 0 Å². The molecule has 0 radical (unpaired) electrons. The first-order valence-electron chi connectivity index (χ1n) is 48.3. The SMILES string of the molecule is CC1(C)OB(c2ccc3c4c(cccc24)-c2c-3c(-c3ccccc3)c3ccccc3c2-c2ccccc2)OC1(C)C.COc1cccc(OC)c1-c1ccccc1P(C1CCCCC1)C1CCCCC1.Clc1ccc2c(c1)-c1cccc3cccc-2c13.c1ccc(-c2c3c(c(-c4ccccc4)c4ccccc24)-c2ccc(-c4ccc5c(c4)-c4cccc6cccc-5c46)c4cccc-3c24)cc1. The van der Waals surface area contributed by atoms with E-state index in [1.807, 2.05) is 12.1 Å². The van der Waals surface area contributed by atoms with Crippen molar-refractivity contribution in [2.45, 2.75) is 114 Å². The summed E-state index contributed by atoms with van der Waals surface area (Å²) in [5.74, 6) is 1.83. The molecule has 0 spiro atoms. The second-order valence-corrected chi connectivity index (χ2v) is 41.6. The highest BCUT2D eigenvalue weighted by Crippen LogP contribution is 2.63. The van der Waals surface area contributed by atoms with Crippen LogP contribution >= 0.6 is 19.5 Å². The van der Waals surface area contributed by atoms with Gasteiger partial charge >= 0.3 is 7.12 Å². The predicted molar refractivity (Wildman–Crippen MR) is 575 cm³/mol. The zero-order valence-corrected chi connectivity index (χ0v) is 78.8. The summed E-state index contributed by atoms with van der Waals surface area (Å²) in [6.45, 7) is 8.47. The Morgan fingerprint density at radius 3 is 1.04 bits per heavy atom. The number of hydrogen-bond donors (Lipinski definition) is 0. The van der Waals surface area contributed by atoms with Crippen molar-refractivity contribution in [2.24, 2.45) is 0 Å². The van der Waals surface area contributed by atoms with Crippen LogP contribution in [0.3, 0.4) is 0 Å². The Balaban J connectivity index is 0.000000104. The van der Waals surface area contributed by atoms with E-state index in [1.54, 1.807) is 19.5 Å². The molecule has 2 saturated carbocycles. The van der Waals surface area contributed by atoms with Gasteiger partial charge in [0.05, 0.1) is 31.0 Å². The molecule has 654 valence electrons. The van der Waals surface area contributed by atoms with Gasteiger partial charge in [-0.2, -0.15) is 0 Å². The average molecular weight is 1780 g/mol. The molecule has 7 heteroatoms. The Hall–Kier alpha value is -13.7. The van der Waals surface area contributed by atoms with Gasteiger partial charge in [-0.05, 0) is 321 Å². The van der Waals surface area contributed by atoms with Gasteiger partial charge in [0.25, 0.3) is 0 Å². The van der Waals surface area contributed by atoms with Crippen molar-refractivity contribution in [3.8, 4) is 167 Å². The number of ether oxygens (including phenoxy) is 2. The maximum absolute atomic E-state index is 6.56. The first-order chi connectivity index (χ1) is 66.4. The monoisotopic (exact) mass is 1780 g/mol. The molecule has 4 nitrogen and oxygen atoms in total. The molecular weight excluding hydrogens is 1680 g/mol. The van der Waals surface area contributed by atoms with Crippen LogP contribution in [0.5, 0.6) is 11.5 Å². The van der Waals surface area contributed by atoms with Gasteiger partial charge in [0, 0.05) is 5.02 Å². The molecule has 1 saturated heterocycles. The molecule has 20 aromatic carbocycles. The first kappa shape index (κ1) is 84.3. The van der Waals surface area contributed by atoms with Gasteiger partial charge in [-0.1, -0.05) is 410 Å². The Labute approximate surface area is 798 Å². The first-order valence-corrected chi connectivity index (χ1v) is 50.2. The minimum atomic E-state index is -0.422.